The summed E-state index contributed by atoms with van der Waals surface area (Å²) < 4.78 is 48.1. The molecule has 1 atom stereocenters. The van der Waals surface area contributed by atoms with Crippen LogP contribution in [0.15, 0.2) is 0 Å². The number of likely N-dealkylation sites (tertiary alicyclic amines) is 1. The molecule has 1 saturated heterocycles. The Morgan fingerprint density at radius 3 is 2.45 bits per heavy atom. The summed E-state index contributed by atoms with van der Waals surface area (Å²) in [5.41, 5.74) is 0.384. The van der Waals surface area contributed by atoms with Gasteiger partial charge in [0.1, 0.15) is 9.88 Å². The number of piperidine rings is 1. The largest absolute Gasteiger partial charge is 0.465 e. The second-order valence-electron chi connectivity index (χ2n) is 6.72. The Morgan fingerprint density at radius 1 is 1.21 bits per heavy atom. The highest BCUT2D eigenvalue weighted by Gasteiger charge is 2.41. The number of nitrogens with zero attached hydrogens (tertiary/aromatic N) is 1. The minimum Gasteiger partial charge on any atom is -0.465 e. The normalized spacial score (nSPS) is 17.7. The summed E-state index contributed by atoms with van der Waals surface area (Å²) in [6, 6.07) is 0. The van der Waals surface area contributed by atoms with Gasteiger partial charge in [-0.25, -0.2) is 9.59 Å². The number of carbonyl (C=O) groups is 3. The molecule has 1 fully saturated rings. The number of anilines is 1. The molecule has 0 aromatic carbocycles. The van der Waals surface area contributed by atoms with Gasteiger partial charge in [-0.2, -0.15) is 13.2 Å². The van der Waals surface area contributed by atoms with Gasteiger partial charge in [-0.05, 0) is 31.9 Å². The number of nitrogens with one attached hydrogen (secondary N) is 1. The van der Waals surface area contributed by atoms with Crippen molar-refractivity contribution in [2.45, 2.75) is 32.4 Å². The Balaban J connectivity index is 2.05. The molecule has 0 spiro atoms. The third-order valence-electron chi connectivity index (χ3n) is 4.78. The van der Waals surface area contributed by atoms with Crippen molar-refractivity contribution in [3.8, 4) is 0 Å². The van der Waals surface area contributed by atoms with Crippen LogP contribution in [0.5, 0.6) is 0 Å². The number of rotatable bonds is 6. The molecule has 0 saturated carbocycles. The Bertz CT molecular complexity index is 778. The SMILES string of the molecule is COC(=O)c1sc(NC(=O)CCN2CCCC(C(F)(F)F)C2)c(C(=O)OC)c1C. The quantitative estimate of drug-likeness (QED) is 0.690. The number of thiophene rings is 1. The Hall–Kier alpha value is -2.14. The highest BCUT2D eigenvalue weighted by molar-refractivity contribution is 7.18. The zero-order valence-electron chi connectivity index (χ0n) is 16.4. The van der Waals surface area contributed by atoms with Crippen LogP contribution in [0.1, 0.15) is 44.9 Å². The molecule has 1 aliphatic heterocycles. The first-order valence-electron chi connectivity index (χ1n) is 8.97. The fraction of sp³-hybridized carbons (Fsp3) is 0.611. The number of hydrogen-bond donors (Lipinski definition) is 1. The second-order valence-corrected chi connectivity index (χ2v) is 7.74. The van der Waals surface area contributed by atoms with Crippen LogP contribution in [0, 0.1) is 12.8 Å². The van der Waals surface area contributed by atoms with E-state index in [1.807, 2.05) is 0 Å². The molecule has 0 aliphatic carbocycles. The van der Waals surface area contributed by atoms with Crippen molar-refractivity contribution >= 4 is 34.2 Å². The fourth-order valence-electron chi connectivity index (χ4n) is 3.21. The van der Waals surface area contributed by atoms with E-state index in [2.05, 4.69) is 10.1 Å². The summed E-state index contributed by atoms with van der Waals surface area (Å²) in [6.07, 6.45) is -3.77. The van der Waals surface area contributed by atoms with Gasteiger partial charge in [0.25, 0.3) is 0 Å². The summed E-state index contributed by atoms with van der Waals surface area (Å²) in [5, 5.41) is 2.71. The third kappa shape index (κ3) is 5.69. The second kappa shape index (κ2) is 9.57. The van der Waals surface area contributed by atoms with E-state index in [4.69, 9.17) is 4.74 Å². The van der Waals surface area contributed by atoms with Gasteiger partial charge in [-0.1, -0.05) is 0 Å². The molecule has 1 amide bonds. The Kier molecular flexibility index (Phi) is 7.64. The number of hydrogen-bond acceptors (Lipinski definition) is 7. The van der Waals surface area contributed by atoms with Gasteiger partial charge in [0.2, 0.25) is 5.91 Å². The molecule has 162 valence electrons. The van der Waals surface area contributed by atoms with Crippen LogP contribution >= 0.6 is 11.3 Å². The zero-order valence-corrected chi connectivity index (χ0v) is 17.2. The van der Waals surface area contributed by atoms with Crippen LogP contribution in [0.4, 0.5) is 18.2 Å². The van der Waals surface area contributed by atoms with Crippen LogP contribution in [0.3, 0.4) is 0 Å². The van der Waals surface area contributed by atoms with Crippen molar-refractivity contribution in [1.82, 2.24) is 4.90 Å². The van der Waals surface area contributed by atoms with Gasteiger partial charge >= 0.3 is 18.1 Å². The predicted octanol–water partition coefficient (Wildman–Crippen LogP) is 3.23. The lowest BCUT2D eigenvalue weighted by Gasteiger charge is -2.33. The molecule has 0 radical (unpaired) electrons. The van der Waals surface area contributed by atoms with E-state index in [0.717, 1.165) is 11.3 Å². The van der Waals surface area contributed by atoms with E-state index < -0.39 is 29.9 Å². The highest BCUT2D eigenvalue weighted by Crippen LogP contribution is 2.35. The standard InChI is InChI=1S/C18H23F3N2O5S/c1-10-13(16(25)27-2)15(29-14(10)17(26)28-3)22-12(24)6-8-23-7-4-5-11(9-23)18(19,20)21/h11H,4-9H2,1-3H3,(H,22,24). The minimum atomic E-state index is -4.24. The molecule has 1 aromatic rings. The van der Waals surface area contributed by atoms with Crippen molar-refractivity contribution < 1.29 is 37.0 Å². The lowest BCUT2D eigenvalue weighted by atomic mass is 9.97. The van der Waals surface area contributed by atoms with Gasteiger partial charge in [-0.15, -0.1) is 11.3 Å². The maximum absolute atomic E-state index is 12.9. The van der Waals surface area contributed by atoms with Crippen LogP contribution in [-0.4, -0.2) is 62.8 Å². The summed E-state index contributed by atoms with van der Waals surface area (Å²) in [4.78, 5) is 38.0. The third-order valence-corrected chi connectivity index (χ3v) is 5.97. The van der Waals surface area contributed by atoms with Crippen LogP contribution < -0.4 is 5.32 Å². The van der Waals surface area contributed by atoms with E-state index in [1.165, 1.54) is 21.1 Å². The summed E-state index contributed by atoms with van der Waals surface area (Å²) in [6.45, 7) is 2.07. The van der Waals surface area contributed by atoms with Crippen molar-refractivity contribution in [2.75, 3.05) is 39.2 Å². The molecule has 2 heterocycles. The molecular weight excluding hydrogens is 413 g/mol. The van der Waals surface area contributed by atoms with E-state index in [0.29, 0.717) is 18.5 Å². The maximum Gasteiger partial charge on any atom is 0.393 e. The van der Waals surface area contributed by atoms with Gasteiger partial charge in [-0.3, -0.25) is 4.79 Å². The molecule has 7 nitrogen and oxygen atoms in total. The van der Waals surface area contributed by atoms with E-state index >= 15 is 0 Å². The first-order chi connectivity index (χ1) is 13.6. The summed E-state index contributed by atoms with van der Waals surface area (Å²) in [7, 11) is 2.38. The molecule has 1 unspecified atom stereocenters. The Labute approximate surface area is 170 Å². The first kappa shape index (κ1) is 23.1. The van der Waals surface area contributed by atoms with Crippen molar-refractivity contribution in [3.63, 3.8) is 0 Å². The number of methoxy groups -OCH3 is 2. The highest BCUT2D eigenvalue weighted by atomic mass is 32.1. The van der Waals surface area contributed by atoms with Crippen LogP contribution in [0.2, 0.25) is 0 Å². The molecule has 11 heteroatoms. The number of ether oxygens (including phenoxy) is 2. The van der Waals surface area contributed by atoms with E-state index in [1.54, 1.807) is 4.90 Å². The minimum absolute atomic E-state index is 0.0459. The number of amides is 1. The molecular formula is C18H23F3N2O5S. The van der Waals surface area contributed by atoms with Gasteiger partial charge < -0.3 is 19.7 Å². The van der Waals surface area contributed by atoms with Crippen molar-refractivity contribution in [2.24, 2.45) is 5.92 Å². The topological polar surface area (TPSA) is 84.9 Å². The van der Waals surface area contributed by atoms with Crippen LogP contribution in [-0.2, 0) is 14.3 Å². The van der Waals surface area contributed by atoms with E-state index in [-0.39, 0.29) is 41.4 Å². The van der Waals surface area contributed by atoms with Gasteiger partial charge in [0, 0.05) is 19.5 Å². The average Bonchev–Trinajstić information content (AvgIpc) is 3.00. The molecule has 0 bridgehead atoms. The van der Waals surface area contributed by atoms with Gasteiger partial charge in [0.15, 0.2) is 0 Å². The fourth-order valence-corrected chi connectivity index (χ4v) is 4.34. The predicted molar refractivity (Wildman–Crippen MR) is 100 cm³/mol. The van der Waals surface area contributed by atoms with Gasteiger partial charge in [0.05, 0.1) is 25.7 Å². The smallest absolute Gasteiger partial charge is 0.393 e. The van der Waals surface area contributed by atoms with E-state index in [9.17, 15) is 27.6 Å². The Morgan fingerprint density at radius 2 is 1.86 bits per heavy atom. The zero-order chi connectivity index (χ0) is 21.8. The molecule has 1 aromatic heterocycles. The summed E-state index contributed by atoms with van der Waals surface area (Å²) in [5.74, 6) is -3.22. The number of carbonyl (C=O) groups excluding carboxylic acids is 3. The lowest BCUT2D eigenvalue weighted by Crippen LogP contribution is -2.42. The van der Waals surface area contributed by atoms with Crippen molar-refractivity contribution in [3.05, 3.63) is 16.0 Å². The number of esters is 2. The number of halogens is 3. The first-order valence-corrected chi connectivity index (χ1v) is 9.79. The monoisotopic (exact) mass is 436 g/mol. The molecule has 1 aliphatic rings. The maximum atomic E-state index is 12.9. The van der Waals surface area contributed by atoms with Crippen LogP contribution in [0.25, 0.3) is 0 Å². The average molecular weight is 436 g/mol. The molecule has 1 N–H and O–H groups in total. The number of alkyl halides is 3. The summed E-state index contributed by atoms with van der Waals surface area (Å²) >= 11 is 0.886. The van der Waals surface area contributed by atoms with Crippen molar-refractivity contribution in [1.29, 1.82) is 0 Å². The lowest BCUT2D eigenvalue weighted by molar-refractivity contribution is -0.186. The molecule has 2 rings (SSSR count). The molecule has 29 heavy (non-hydrogen) atoms.